The molecule has 0 N–H and O–H groups in total. The van der Waals surface area contributed by atoms with Crippen LogP contribution in [0.1, 0.15) is 106 Å². The van der Waals surface area contributed by atoms with E-state index >= 15 is 0 Å². The third-order valence-corrected chi connectivity index (χ3v) is 5.61. The lowest BCUT2D eigenvalue weighted by atomic mass is 9.86. The zero-order chi connectivity index (χ0) is 19.2. The molecule has 0 aliphatic carbocycles. The van der Waals surface area contributed by atoms with Crippen molar-refractivity contribution in [2.75, 3.05) is 0 Å². The van der Waals surface area contributed by atoms with Crippen LogP contribution in [0.2, 0.25) is 0 Å². The van der Waals surface area contributed by atoms with Gasteiger partial charge < -0.3 is 0 Å². The van der Waals surface area contributed by atoms with Crippen LogP contribution in [0.4, 0.5) is 0 Å². The Morgan fingerprint density at radius 1 is 0.760 bits per heavy atom. The molecule has 0 aromatic carbocycles. The minimum absolute atomic E-state index is 0.598. The molecule has 148 valence electrons. The molecule has 0 bridgehead atoms. The van der Waals surface area contributed by atoms with Crippen molar-refractivity contribution in [2.45, 2.75) is 106 Å². The molecule has 0 aromatic heterocycles. The Morgan fingerprint density at radius 2 is 1.32 bits per heavy atom. The van der Waals surface area contributed by atoms with Gasteiger partial charge >= 0.3 is 0 Å². The molecule has 0 aliphatic rings. The molecule has 0 aliphatic heterocycles. The molecule has 0 fully saturated rings. The van der Waals surface area contributed by atoms with Gasteiger partial charge in [-0.15, -0.1) is 6.58 Å². The normalized spacial score (nSPS) is 16.3. The summed E-state index contributed by atoms with van der Waals surface area (Å²) in [5, 5.41) is 0. The summed E-state index contributed by atoms with van der Waals surface area (Å²) in [5.41, 5.74) is 1.72. The Kier molecular flexibility index (Phi) is 14.3. The topological polar surface area (TPSA) is 0 Å². The standard InChI is InChI=1S/C25H48/c1-9-22(6)16-18-25(24(8)15-11-13-21(4)5)19-17-23(7)14-10-12-20(2)3/h9,18,20-24H,1,10-17,19H2,2-8H3/b25-18+. The van der Waals surface area contributed by atoms with Gasteiger partial charge in [0.1, 0.15) is 0 Å². The van der Waals surface area contributed by atoms with Crippen LogP contribution in [0, 0.1) is 29.6 Å². The van der Waals surface area contributed by atoms with Crippen LogP contribution >= 0.6 is 0 Å². The lowest BCUT2D eigenvalue weighted by molar-refractivity contribution is 0.423. The van der Waals surface area contributed by atoms with Gasteiger partial charge in [0, 0.05) is 0 Å². The predicted molar refractivity (Wildman–Crippen MR) is 117 cm³/mol. The van der Waals surface area contributed by atoms with Crippen LogP contribution < -0.4 is 0 Å². The van der Waals surface area contributed by atoms with E-state index in [9.17, 15) is 0 Å². The molecule has 0 radical (unpaired) electrons. The van der Waals surface area contributed by atoms with E-state index in [1.54, 1.807) is 5.57 Å². The highest BCUT2D eigenvalue weighted by atomic mass is 14.2. The van der Waals surface area contributed by atoms with Gasteiger partial charge in [-0.05, 0) is 55.3 Å². The molecular weight excluding hydrogens is 300 g/mol. The van der Waals surface area contributed by atoms with Crippen molar-refractivity contribution in [2.24, 2.45) is 29.6 Å². The third kappa shape index (κ3) is 14.3. The smallest absolute Gasteiger partial charge is 0.0230 e. The molecule has 0 aromatic rings. The van der Waals surface area contributed by atoms with Crippen LogP contribution in [0.5, 0.6) is 0 Å². The second kappa shape index (κ2) is 14.6. The summed E-state index contributed by atoms with van der Waals surface area (Å²) in [6.07, 6.45) is 16.7. The van der Waals surface area contributed by atoms with E-state index in [1.807, 2.05) is 0 Å². The third-order valence-electron chi connectivity index (χ3n) is 5.61. The summed E-state index contributed by atoms with van der Waals surface area (Å²) in [4.78, 5) is 0. The second-order valence-electron chi connectivity index (χ2n) is 9.42. The number of hydrogen-bond acceptors (Lipinski definition) is 0. The maximum Gasteiger partial charge on any atom is -0.0230 e. The Morgan fingerprint density at radius 3 is 1.84 bits per heavy atom. The number of hydrogen-bond donors (Lipinski definition) is 0. The van der Waals surface area contributed by atoms with Gasteiger partial charge in [-0.2, -0.15) is 0 Å². The monoisotopic (exact) mass is 348 g/mol. The van der Waals surface area contributed by atoms with E-state index in [0.717, 1.165) is 30.1 Å². The van der Waals surface area contributed by atoms with Crippen LogP contribution in [0.15, 0.2) is 24.3 Å². The highest BCUT2D eigenvalue weighted by molar-refractivity contribution is 5.07. The van der Waals surface area contributed by atoms with Gasteiger partial charge in [-0.3, -0.25) is 0 Å². The van der Waals surface area contributed by atoms with E-state index in [4.69, 9.17) is 0 Å². The molecule has 0 heteroatoms. The summed E-state index contributed by atoms with van der Waals surface area (Å²) >= 11 is 0. The molecule has 3 unspecified atom stereocenters. The van der Waals surface area contributed by atoms with E-state index < -0.39 is 0 Å². The summed E-state index contributed by atoms with van der Waals surface area (Å²) in [6, 6.07) is 0. The predicted octanol–water partition coefficient (Wildman–Crippen LogP) is 8.83. The van der Waals surface area contributed by atoms with E-state index in [-0.39, 0.29) is 0 Å². The Hall–Kier alpha value is -0.520. The highest BCUT2D eigenvalue weighted by Crippen LogP contribution is 2.27. The van der Waals surface area contributed by atoms with Crippen LogP contribution in [-0.2, 0) is 0 Å². The van der Waals surface area contributed by atoms with Crippen molar-refractivity contribution in [1.82, 2.24) is 0 Å². The van der Waals surface area contributed by atoms with Gasteiger partial charge in [-0.1, -0.05) is 98.3 Å². The van der Waals surface area contributed by atoms with Crippen molar-refractivity contribution in [1.29, 1.82) is 0 Å². The average Bonchev–Trinajstić information content (AvgIpc) is 2.53. The van der Waals surface area contributed by atoms with Crippen molar-refractivity contribution in [3.05, 3.63) is 24.3 Å². The Labute approximate surface area is 160 Å². The van der Waals surface area contributed by atoms with E-state index in [2.05, 4.69) is 67.2 Å². The lowest BCUT2D eigenvalue weighted by Crippen LogP contribution is -2.05. The van der Waals surface area contributed by atoms with Crippen molar-refractivity contribution < 1.29 is 0 Å². The fraction of sp³-hybridized carbons (Fsp3) is 0.840. The van der Waals surface area contributed by atoms with Crippen LogP contribution in [0.3, 0.4) is 0 Å². The van der Waals surface area contributed by atoms with E-state index in [1.165, 1.54) is 51.4 Å². The first-order valence-corrected chi connectivity index (χ1v) is 11.1. The SMILES string of the molecule is C=CC(C)C/C=C(\CCC(C)CCCC(C)C)C(C)CCCC(C)C. The summed E-state index contributed by atoms with van der Waals surface area (Å²) in [6.45, 7) is 20.5. The summed E-state index contributed by atoms with van der Waals surface area (Å²) in [5.74, 6) is 3.90. The molecule has 0 saturated heterocycles. The second-order valence-corrected chi connectivity index (χ2v) is 9.42. The maximum atomic E-state index is 3.95. The number of allylic oxidation sites excluding steroid dienone is 3. The largest absolute Gasteiger partial charge is 0.103 e. The zero-order valence-corrected chi connectivity index (χ0v) is 18.6. The summed E-state index contributed by atoms with van der Waals surface area (Å²) < 4.78 is 0. The molecular formula is C25H48. The molecule has 0 spiro atoms. The first-order chi connectivity index (χ1) is 11.8. The van der Waals surface area contributed by atoms with Crippen molar-refractivity contribution in [3.8, 4) is 0 Å². The van der Waals surface area contributed by atoms with Crippen molar-refractivity contribution >= 4 is 0 Å². The van der Waals surface area contributed by atoms with Gasteiger partial charge in [0.2, 0.25) is 0 Å². The first-order valence-electron chi connectivity index (χ1n) is 11.1. The summed E-state index contributed by atoms with van der Waals surface area (Å²) in [7, 11) is 0. The lowest BCUT2D eigenvalue weighted by Gasteiger charge is -2.20. The quantitative estimate of drug-likeness (QED) is 0.259. The average molecular weight is 349 g/mol. The first kappa shape index (κ1) is 24.5. The van der Waals surface area contributed by atoms with Crippen LogP contribution in [-0.4, -0.2) is 0 Å². The maximum absolute atomic E-state index is 3.95. The van der Waals surface area contributed by atoms with Gasteiger partial charge in [0.15, 0.2) is 0 Å². The van der Waals surface area contributed by atoms with Crippen LogP contribution in [0.25, 0.3) is 0 Å². The molecule has 25 heavy (non-hydrogen) atoms. The molecule has 0 heterocycles. The zero-order valence-electron chi connectivity index (χ0n) is 18.6. The Balaban J connectivity index is 4.49. The fourth-order valence-corrected chi connectivity index (χ4v) is 3.43. The Bertz CT molecular complexity index is 347. The molecule has 0 amide bonds. The van der Waals surface area contributed by atoms with Gasteiger partial charge in [-0.25, -0.2) is 0 Å². The molecule has 0 saturated carbocycles. The minimum atomic E-state index is 0.598. The van der Waals surface area contributed by atoms with Crippen molar-refractivity contribution in [3.63, 3.8) is 0 Å². The van der Waals surface area contributed by atoms with Gasteiger partial charge in [0.05, 0.1) is 0 Å². The molecule has 0 rings (SSSR count). The molecule has 3 atom stereocenters. The van der Waals surface area contributed by atoms with Gasteiger partial charge in [0.25, 0.3) is 0 Å². The van der Waals surface area contributed by atoms with E-state index in [0.29, 0.717) is 5.92 Å². The molecule has 0 nitrogen and oxygen atoms in total. The number of rotatable bonds is 15. The minimum Gasteiger partial charge on any atom is -0.103 e. The highest BCUT2D eigenvalue weighted by Gasteiger charge is 2.12. The fourth-order valence-electron chi connectivity index (χ4n) is 3.43.